The van der Waals surface area contributed by atoms with Gasteiger partial charge in [0, 0.05) is 48.1 Å². The molecule has 1 saturated heterocycles. The van der Waals surface area contributed by atoms with Gasteiger partial charge >= 0.3 is 0 Å². The van der Waals surface area contributed by atoms with Crippen LogP contribution in [0.2, 0.25) is 0 Å². The van der Waals surface area contributed by atoms with Gasteiger partial charge in [-0.3, -0.25) is 14.7 Å². The number of benzene rings is 1. The Kier molecular flexibility index (Phi) is 4.26. The number of aromatic amines is 1. The number of nitrogens with zero attached hydrogens (tertiary/aromatic N) is 2. The van der Waals surface area contributed by atoms with E-state index in [0.717, 1.165) is 37.9 Å². The Balaban J connectivity index is 1.45. The Bertz CT molecular complexity index is 767. The SMILES string of the molecule is O=C(Nc1cccc(C(=O)N2CCCC(c3ccn[nH]3)C2)c1)C1CC1. The second-order valence-electron chi connectivity index (χ2n) is 6.95. The molecule has 6 nitrogen and oxygen atoms in total. The summed E-state index contributed by atoms with van der Waals surface area (Å²) < 4.78 is 0. The summed E-state index contributed by atoms with van der Waals surface area (Å²) in [6.45, 7) is 1.46. The van der Waals surface area contributed by atoms with E-state index in [4.69, 9.17) is 0 Å². The van der Waals surface area contributed by atoms with Crippen LogP contribution in [-0.2, 0) is 4.79 Å². The smallest absolute Gasteiger partial charge is 0.253 e. The number of aromatic nitrogens is 2. The molecule has 2 aromatic rings. The molecule has 1 saturated carbocycles. The standard InChI is InChI=1S/C19H22N4O2/c24-18(13-6-7-13)21-16-5-1-3-14(11-16)19(25)23-10-2-4-15(12-23)17-8-9-20-22-17/h1,3,5,8-9,11,13,15H,2,4,6-7,10,12H2,(H,20,22)(H,21,24). The average Bonchev–Trinajstić information content (AvgIpc) is 3.36. The highest BCUT2D eigenvalue weighted by molar-refractivity contribution is 5.98. The normalized spacial score (nSPS) is 20.3. The summed E-state index contributed by atoms with van der Waals surface area (Å²) >= 11 is 0. The van der Waals surface area contributed by atoms with Gasteiger partial charge in [0.25, 0.3) is 5.91 Å². The van der Waals surface area contributed by atoms with Crippen molar-refractivity contribution in [3.8, 4) is 0 Å². The number of anilines is 1. The molecule has 1 aliphatic heterocycles. The number of likely N-dealkylation sites (tertiary alicyclic amines) is 1. The van der Waals surface area contributed by atoms with E-state index in [1.165, 1.54) is 0 Å². The van der Waals surface area contributed by atoms with E-state index in [1.54, 1.807) is 12.3 Å². The molecule has 2 fully saturated rings. The Morgan fingerprint density at radius 1 is 1.20 bits per heavy atom. The molecule has 4 rings (SSSR count). The monoisotopic (exact) mass is 338 g/mol. The van der Waals surface area contributed by atoms with Crippen LogP contribution in [-0.4, -0.2) is 40.0 Å². The van der Waals surface area contributed by atoms with Crippen LogP contribution in [0.4, 0.5) is 5.69 Å². The fraction of sp³-hybridized carbons (Fsp3) is 0.421. The number of amides is 2. The minimum absolute atomic E-state index is 0.0201. The molecule has 25 heavy (non-hydrogen) atoms. The average molecular weight is 338 g/mol. The summed E-state index contributed by atoms with van der Waals surface area (Å²) in [5, 5.41) is 9.94. The zero-order chi connectivity index (χ0) is 17.2. The second-order valence-corrected chi connectivity index (χ2v) is 6.95. The number of carbonyl (C=O) groups is 2. The van der Waals surface area contributed by atoms with Crippen molar-refractivity contribution in [1.29, 1.82) is 0 Å². The Morgan fingerprint density at radius 3 is 2.84 bits per heavy atom. The maximum Gasteiger partial charge on any atom is 0.253 e. The molecule has 1 atom stereocenters. The maximum atomic E-state index is 12.9. The van der Waals surface area contributed by atoms with Crippen molar-refractivity contribution < 1.29 is 9.59 Å². The van der Waals surface area contributed by atoms with E-state index < -0.39 is 0 Å². The zero-order valence-corrected chi connectivity index (χ0v) is 14.1. The lowest BCUT2D eigenvalue weighted by Crippen LogP contribution is -2.39. The zero-order valence-electron chi connectivity index (χ0n) is 14.1. The van der Waals surface area contributed by atoms with Crippen molar-refractivity contribution in [2.75, 3.05) is 18.4 Å². The molecular formula is C19H22N4O2. The molecule has 0 bridgehead atoms. The Morgan fingerprint density at radius 2 is 2.08 bits per heavy atom. The second kappa shape index (κ2) is 6.70. The van der Waals surface area contributed by atoms with Gasteiger partial charge in [-0.15, -0.1) is 0 Å². The van der Waals surface area contributed by atoms with Gasteiger partial charge < -0.3 is 10.2 Å². The van der Waals surface area contributed by atoms with Crippen LogP contribution in [0, 0.1) is 5.92 Å². The molecule has 2 aliphatic rings. The van der Waals surface area contributed by atoms with Crippen molar-refractivity contribution in [2.45, 2.75) is 31.6 Å². The number of carbonyl (C=O) groups excluding carboxylic acids is 2. The summed E-state index contributed by atoms with van der Waals surface area (Å²) in [7, 11) is 0. The minimum atomic E-state index is 0.0201. The largest absolute Gasteiger partial charge is 0.338 e. The topological polar surface area (TPSA) is 78.1 Å². The van der Waals surface area contributed by atoms with E-state index in [-0.39, 0.29) is 17.7 Å². The molecular weight excluding hydrogens is 316 g/mol. The lowest BCUT2D eigenvalue weighted by Gasteiger charge is -2.32. The lowest BCUT2D eigenvalue weighted by atomic mass is 9.94. The van der Waals surface area contributed by atoms with Gasteiger partial charge in [-0.05, 0) is 49.9 Å². The van der Waals surface area contributed by atoms with Crippen molar-refractivity contribution in [1.82, 2.24) is 15.1 Å². The molecule has 2 amide bonds. The van der Waals surface area contributed by atoms with Crippen LogP contribution in [0.5, 0.6) is 0 Å². The highest BCUT2D eigenvalue weighted by atomic mass is 16.2. The molecule has 1 aromatic carbocycles. The summed E-state index contributed by atoms with van der Waals surface area (Å²) in [5.41, 5.74) is 2.41. The fourth-order valence-corrected chi connectivity index (χ4v) is 3.41. The fourth-order valence-electron chi connectivity index (χ4n) is 3.41. The van der Waals surface area contributed by atoms with E-state index in [0.29, 0.717) is 23.7 Å². The predicted molar refractivity (Wildman–Crippen MR) is 94.3 cm³/mol. The van der Waals surface area contributed by atoms with Crippen molar-refractivity contribution in [3.63, 3.8) is 0 Å². The summed E-state index contributed by atoms with van der Waals surface area (Å²) in [6, 6.07) is 9.23. The number of rotatable bonds is 4. The first-order valence-corrected chi connectivity index (χ1v) is 8.90. The Hall–Kier alpha value is -2.63. The number of piperidine rings is 1. The molecule has 1 unspecified atom stereocenters. The quantitative estimate of drug-likeness (QED) is 0.900. The highest BCUT2D eigenvalue weighted by Crippen LogP contribution is 2.30. The van der Waals surface area contributed by atoms with Crippen LogP contribution in [0.15, 0.2) is 36.5 Å². The number of nitrogens with one attached hydrogen (secondary N) is 2. The predicted octanol–water partition coefficient (Wildman–Crippen LogP) is 2.78. The first-order valence-electron chi connectivity index (χ1n) is 8.90. The molecule has 6 heteroatoms. The van der Waals surface area contributed by atoms with Crippen LogP contribution in [0.25, 0.3) is 0 Å². The van der Waals surface area contributed by atoms with Gasteiger partial charge in [-0.1, -0.05) is 6.07 Å². The number of H-pyrrole nitrogens is 1. The molecule has 2 heterocycles. The molecule has 130 valence electrons. The number of hydrogen-bond acceptors (Lipinski definition) is 3. The van der Waals surface area contributed by atoms with Gasteiger partial charge in [0.15, 0.2) is 0 Å². The Labute approximate surface area is 146 Å². The van der Waals surface area contributed by atoms with Gasteiger partial charge in [0.1, 0.15) is 0 Å². The van der Waals surface area contributed by atoms with E-state index in [9.17, 15) is 9.59 Å². The van der Waals surface area contributed by atoms with Crippen LogP contribution in [0.1, 0.15) is 47.7 Å². The highest BCUT2D eigenvalue weighted by Gasteiger charge is 2.30. The first-order chi connectivity index (χ1) is 12.2. The third-order valence-electron chi connectivity index (χ3n) is 5.00. The van der Waals surface area contributed by atoms with Gasteiger partial charge in [0.05, 0.1) is 0 Å². The van der Waals surface area contributed by atoms with Gasteiger partial charge in [0.2, 0.25) is 5.91 Å². The third-order valence-corrected chi connectivity index (χ3v) is 5.00. The lowest BCUT2D eigenvalue weighted by molar-refractivity contribution is -0.117. The molecule has 0 spiro atoms. The van der Waals surface area contributed by atoms with Crippen LogP contribution in [0.3, 0.4) is 0 Å². The van der Waals surface area contributed by atoms with Crippen molar-refractivity contribution in [2.24, 2.45) is 5.92 Å². The number of hydrogen-bond donors (Lipinski definition) is 2. The van der Waals surface area contributed by atoms with Gasteiger partial charge in [-0.25, -0.2) is 0 Å². The minimum Gasteiger partial charge on any atom is -0.338 e. The van der Waals surface area contributed by atoms with Crippen LogP contribution >= 0.6 is 0 Å². The first kappa shape index (κ1) is 15.9. The molecule has 1 aliphatic carbocycles. The van der Waals surface area contributed by atoms with Crippen molar-refractivity contribution >= 4 is 17.5 Å². The third kappa shape index (κ3) is 3.57. The van der Waals surface area contributed by atoms with E-state index in [1.807, 2.05) is 29.2 Å². The van der Waals surface area contributed by atoms with Crippen LogP contribution < -0.4 is 5.32 Å². The molecule has 2 N–H and O–H groups in total. The van der Waals surface area contributed by atoms with E-state index >= 15 is 0 Å². The molecule has 0 radical (unpaired) electrons. The van der Waals surface area contributed by atoms with Gasteiger partial charge in [-0.2, -0.15) is 5.10 Å². The summed E-state index contributed by atoms with van der Waals surface area (Å²) in [6.07, 6.45) is 5.72. The van der Waals surface area contributed by atoms with Crippen molar-refractivity contribution in [3.05, 3.63) is 47.8 Å². The summed E-state index contributed by atoms with van der Waals surface area (Å²) in [5.74, 6) is 0.531. The molecule has 1 aromatic heterocycles. The van der Waals surface area contributed by atoms with E-state index in [2.05, 4.69) is 15.5 Å². The summed E-state index contributed by atoms with van der Waals surface area (Å²) in [4.78, 5) is 26.7. The maximum absolute atomic E-state index is 12.9.